The van der Waals surface area contributed by atoms with E-state index in [1.54, 1.807) is 7.11 Å². The average molecular weight is 406 g/mol. The number of fused-ring (bicyclic) bond motifs is 1. The maximum absolute atomic E-state index is 5.57. The molecule has 158 valence electrons. The lowest BCUT2D eigenvalue weighted by molar-refractivity contribution is 0.167. The molecule has 2 unspecified atom stereocenters. The largest absolute Gasteiger partial charge is 0.495 e. The van der Waals surface area contributed by atoms with Gasteiger partial charge >= 0.3 is 0 Å². The van der Waals surface area contributed by atoms with Crippen molar-refractivity contribution >= 4 is 16.7 Å². The maximum Gasteiger partial charge on any atom is 0.142 e. The molecule has 2 aromatic carbocycles. The third-order valence-electron chi connectivity index (χ3n) is 6.89. The maximum atomic E-state index is 5.57. The third kappa shape index (κ3) is 3.76. The van der Waals surface area contributed by atoms with Crippen LogP contribution >= 0.6 is 0 Å². The van der Waals surface area contributed by atoms with E-state index in [0.29, 0.717) is 12.1 Å². The topological polar surface area (TPSA) is 46.4 Å². The number of aromatic nitrogens is 3. The Morgan fingerprint density at radius 3 is 2.43 bits per heavy atom. The predicted octanol–water partition coefficient (Wildman–Crippen LogP) is 4.14. The highest BCUT2D eigenvalue weighted by molar-refractivity contribution is 5.74. The van der Waals surface area contributed by atoms with Gasteiger partial charge in [0.2, 0.25) is 0 Å². The molecule has 30 heavy (non-hydrogen) atoms. The summed E-state index contributed by atoms with van der Waals surface area (Å²) in [5.74, 6) is 0.975. The molecule has 6 nitrogen and oxygen atoms in total. The molecule has 1 saturated heterocycles. The van der Waals surface area contributed by atoms with Crippen molar-refractivity contribution in [3.63, 3.8) is 0 Å². The first-order valence-electron chi connectivity index (χ1n) is 11.3. The molecule has 5 rings (SSSR count). The minimum atomic E-state index is 0.470. The Kier molecular flexibility index (Phi) is 5.58. The van der Waals surface area contributed by atoms with Crippen molar-refractivity contribution in [2.45, 2.75) is 44.2 Å². The molecular formula is C24H31N5O. The fourth-order valence-electron chi connectivity index (χ4n) is 5.25. The highest BCUT2D eigenvalue weighted by atomic mass is 16.5. The average Bonchev–Trinajstić information content (AvgIpc) is 3.09. The molecule has 0 radical (unpaired) electrons. The first kappa shape index (κ1) is 19.4. The van der Waals surface area contributed by atoms with Crippen LogP contribution in [0.2, 0.25) is 0 Å². The van der Waals surface area contributed by atoms with E-state index in [4.69, 9.17) is 4.74 Å². The number of piperazine rings is 1. The van der Waals surface area contributed by atoms with E-state index in [1.165, 1.54) is 43.3 Å². The lowest BCUT2D eigenvalue weighted by atomic mass is 10.1. The van der Waals surface area contributed by atoms with Crippen molar-refractivity contribution in [1.29, 1.82) is 0 Å². The fourth-order valence-corrected chi connectivity index (χ4v) is 5.25. The van der Waals surface area contributed by atoms with Gasteiger partial charge in [0.1, 0.15) is 11.3 Å². The van der Waals surface area contributed by atoms with Gasteiger partial charge in [0.25, 0.3) is 0 Å². The smallest absolute Gasteiger partial charge is 0.142 e. The molecule has 2 atom stereocenters. The van der Waals surface area contributed by atoms with Crippen LogP contribution in [0.4, 0.5) is 5.69 Å². The van der Waals surface area contributed by atoms with Crippen LogP contribution in [0.15, 0.2) is 48.5 Å². The number of rotatable bonds is 4. The summed E-state index contributed by atoms with van der Waals surface area (Å²) < 4.78 is 7.75. The summed E-state index contributed by atoms with van der Waals surface area (Å²) in [5.41, 5.74) is 3.40. The van der Waals surface area contributed by atoms with Gasteiger partial charge in [-0.15, -0.1) is 5.10 Å². The second-order valence-electron chi connectivity index (χ2n) is 8.53. The van der Waals surface area contributed by atoms with Crippen molar-refractivity contribution in [3.05, 3.63) is 48.5 Å². The van der Waals surface area contributed by atoms with Gasteiger partial charge in [-0.2, -0.15) is 0 Å². The Labute approximate surface area is 178 Å². The number of benzene rings is 2. The molecule has 3 aromatic rings. The van der Waals surface area contributed by atoms with Crippen molar-refractivity contribution in [2.75, 3.05) is 38.2 Å². The van der Waals surface area contributed by atoms with Gasteiger partial charge < -0.3 is 9.64 Å². The monoisotopic (exact) mass is 405 g/mol. The van der Waals surface area contributed by atoms with E-state index >= 15 is 0 Å². The minimum Gasteiger partial charge on any atom is -0.495 e. The SMILES string of the molecule is COc1ccccc1N1CCN(C2CCCC(n3nnc4ccccc43)CC2)CC1. The predicted molar refractivity (Wildman–Crippen MR) is 120 cm³/mol. The zero-order chi connectivity index (χ0) is 20.3. The quantitative estimate of drug-likeness (QED) is 0.611. The van der Waals surface area contributed by atoms with Crippen LogP contribution < -0.4 is 9.64 Å². The summed E-state index contributed by atoms with van der Waals surface area (Å²) >= 11 is 0. The highest BCUT2D eigenvalue weighted by Crippen LogP contribution is 2.33. The van der Waals surface area contributed by atoms with E-state index in [9.17, 15) is 0 Å². The number of ether oxygens (including phenoxy) is 1. The Bertz CT molecular complexity index is 978. The van der Waals surface area contributed by atoms with Crippen LogP contribution in [-0.4, -0.2) is 59.2 Å². The summed E-state index contributed by atoms with van der Waals surface area (Å²) in [6.07, 6.45) is 6.18. The second-order valence-corrected chi connectivity index (χ2v) is 8.53. The van der Waals surface area contributed by atoms with Gasteiger partial charge in [-0.05, 0) is 56.4 Å². The first-order valence-corrected chi connectivity index (χ1v) is 11.3. The van der Waals surface area contributed by atoms with Crippen LogP contribution in [0.1, 0.15) is 38.1 Å². The molecule has 6 heteroatoms. The van der Waals surface area contributed by atoms with E-state index < -0.39 is 0 Å². The Morgan fingerprint density at radius 2 is 1.57 bits per heavy atom. The molecule has 1 saturated carbocycles. The van der Waals surface area contributed by atoms with Crippen molar-refractivity contribution in [3.8, 4) is 5.75 Å². The minimum absolute atomic E-state index is 0.470. The Balaban J connectivity index is 1.21. The summed E-state index contributed by atoms with van der Waals surface area (Å²) in [6, 6.07) is 17.9. The number of para-hydroxylation sites is 3. The Hall–Kier alpha value is -2.60. The van der Waals surface area contributed by atoms with Gasteiger partial charge in [-0.25, -0.2) is 4.68 Å². The van der Waals surface area contributed by atoms with Gasteiger partial charge in [0, 0.05) is 32.2 Å². The normalized spacial score (nSPS) is 23.4. The molecule has 0 spiro atoms. The number of nitrogens with zero attached hydrogens (tertiary/aromatic N) is 5. The van der Waals surface area contributed by atoms with E-state index in [0.717, 1.165) is 37.4 Å². The third-order valence-corrected chi connectivity index (χ3v) is 6.89. The molecule has 1 aliphatic carbocycles. The lowest BCUT2D eigenvalue weighted by Gasteiger charge is -2.40. The molecular weight excluding hydrogens is 374 g/mol. The fraction of sp³-hybridized carbons (Fsp3) is 0.500. The van der Waals surface area contributed by atoms with Gasteiger partial charge in [0.05, 0.1) is 24.4 Å². The summed E-state index contributed by atoms with van der Waals surface area (Å²) in [6.45, 7) is 4.38. The second kappa shape index (κ2) is 8.64. The van der Waals surface area contributed by atoms with Crippen molar-refractivity contribution in [1.82, 2.24) is 19.9 Å². The van der Waals surface area contributed by atoms with Crippen LogP contribution in [-0.2, 0) is 0 Å². The molecule has 2 heterocycles. The van der Waals surface area contributed by atoms with Crippen molar-refractivity contribution in [2.24, 2.45) is 0 Å². The highest BCUT2D eigenvalue weighted by Gasteiger charge is 2.28. The van der Waals surface area contributed by atoms with Gasteiger partial charge in [-0.3, -0.25) is 4.90 Å². The van der Waals surface area contributed by atoms with Crippen LogP contribution in [0.3, 0.4) is 0 Å². The van der Waals surface area contributed by atoms with Gasteiger partial charge in [-0.1, -0.05) is 29.5 Å². The number of hydrogen-bond donors (Lipinski definition) is 0. The number of anilines is 1. The number of methoxy groups -OCH3 is 1. The van der Waals surface area contributed by atoms with Crippen molar-refractivity contribution < 1.29 is 4.74 Å². The zero-order valence-electron chi connectivity index (χ0n) is 17.8. The molecule has 1 aromatic heterocycles. The summed E-state index contributed by atoms with van der Waals surface area (Å²) in [5, 5.41) is 8.86. The standard InChI is InChI=1S/C24H31N5O/c1-30-24-12-5-4-11-23(24)28-17-15-27(16-18-28)19-7-6-8-20(14-13-19)29-22-10-3-2-9-21(22)25-26-29/h2-5,9-12,19-20H,6-8,13-18H2,1H3. The molecule has 0 bridgehead atoms. The number of hydrogen-bond acceptors (Lipinski definition) is 5. The zero-order valence-corrected chi connectivity index (χ0v) is 17.8. The van der Waals surface area contributed by atoms with Crippen LogP contribution in [0.5, 0.6) is 5.75 Å². The van der Waals surface area contributed by atoms with Crippen LogP contribution in [0, 0.1) is 0 Å². The molecule has 2 aliphatic rings. The molecule has 0 amide bonds. The van der Waals surface area contributed by atoms with E-state index in [2.05, 4.69) is 61.2 Å². The lowest BCUT2D eigenvalue weighted by Crippen LogP contribution is -2.50. The molecule has 0 N–H and O–H groups in total. The van der Waals surface area contributed by atoms with Gasteiger partial charge in [0.15, 0.2) is 0 Å². The summed E-state index contributed by atoms with van der Waals surface area (Å²) in [7, 11) is 1.76. The molecule has 1 aliphatic heterocycles. The molecule has 2 fully saturated rings. The van der Waals surface area contributed by atoms with Crippen LogP contribution in [0.25, 0.3) is 11.0 Å². The Morgan fingerprint density at radius 1 is 0.833 bits per heavy atom. The first-order chi connectivity index (χ1) is 14.8. The van der Waals surface area contributed by atoms with E-state index in [-0.39, 0.29) is 0 Å². The summed E-state index contributed by atoms with van der Waals surface area (Å²) in [4.78, 5) is 5.18. The van der Waals surface area contributed by atoms with E-state index in [1.807, 2.05) is 12.1 Å².